The van der Waals surface area contributed by atoms with E-state index in [1.165, 1.54) is 12.8 Å². The van der Waals surface area contributed by atoms with E-state index in [0.29, 0.717) is 24.7 Å². The van der Waals surface area contributed by atoms with Gasteiger partial charge in [0.1, 0.15) is 0 Å². The molecule has 1 heterocycles. The van der Waals surface area contributed by atoms with E-state index in [1.807, 2.05) is 0 Å². The highest BCUT2D eigenvalue weighted by molar-refractivity contribution is 5.80. The number of carbonyl (C=O) groups is 1. The van der Waals surface area contributed by atoms with Crippen LogP contribution in [0, 0.1) is 22.7 Å². The third-order valence-corrected chi connectivity index (χ3v) is 6.99. The Labute approximate surface area is 128 Å². The van der Waals surface area contributed by atoms with Gasteiger partial charge in [-0.25, -0.2) is 0 Å². The average molecular weight is 294 g/mol. The highest BCUT2D eigenvalue weighted by Gasteiger charge is 2.61. The van der Waals surface area contributed by atoms with E-state index in [0.717, 1.165) is 18.9 Å². The Hall–Kier alpha value is -0.610. The highest BCUT2D eigenvalue weighted by Crippen LogP contribution is 2.65. The van der Waals surface area contributed by atoms with Gasteiger partial charge in [-0.05, 0) is 42.6 Å². The number of amides is 1. The summed E-state index contributed by atoms with van der Waals surface area (Å²) in [7, 11) is 0. The number of nitrogens with one attached hydrogen (secondary N) is 2. The number of ether oxygens (including phenoxy) is 1. The van der Waals surface area contributed by atoms with Crippen LogP contribution in [-0.2, 0) is 9.53 Å². The lowest BCUT2D eigenvalue weighted by Gasteiger charge is -2.40. The molecule has 0 radical (unpaired) electrons. The molecule has 5 unspecified atom stereocenters. The molecule has 2 N–H and O–H groups in total. The van der Waals surface area contributed by atoms with Crippen LogP contribution in [0.2, 0.25) is 0 Å². The van der Waals surface area contributed by atoms with Crippen molar-refractivity contribution in [2.24, 2.45) is 22.7 Å². The molecular weight excluding hydrogens is 264 g/mol. The van der Waals surface area contributed by atoms with Crippen LogP contribution in [0.3, 0.4) is 0 Å². The lowest BCUT2D eigenvalue weighted by Crippen LogP contribution is -2.51. The molecule has 2 aliphatic carbocycles. The largest absolute Gasteiger partial charge is 0.379 e. The van der Waals surface area contributed by atoms with Gasteiger partial charge in [0.25, 0.3) is 0 Å². The van der Waals surface area contributed by atoms with Gasteiger partial charge in [0.15, 0.2) is 0 Å². The molecule has 21 heavy (non-hydrogen) atoms. The van der Waals surface area contributed by atoms with Gasteiger partial charge >= 0.3 is 0 Å². The maximum absolute atomic E-state index is 12.7. The first kappa shape index (κ1) is 15.3. The lowest BCUT2D eigenvalue weighted by atomic mass is 9.69. The van der Waals surface area contributed by atoms with Crippen molar-refractivity contribution < 1.29 is 9.53 Å². The molecule has 0 spiro atoms. The Morgan fingerprint density at radius 1 is 1.29 bits per heavy atom. The monoisotopic (exact) mass is 294 g/mol. The molecule has 0 aromatic heterocycles. The number of hydrogen-bond acceptors (Lipinski definition) is 3. The second-order valence-electron chi connectivity index (χ2n) is 7.98. The van der Waals surface area contributed by atoms with E-state index in [4.69, 9.17) is 4.74 Å². The summed E-state index contributed by atoms with van der Waals surface area (Å²) in [6.07, 6.45) is 3.71. The molecule has 3 fully saturated rings. The quantitative estimate of drug-likeness (QED) is 0.833. The predicted molar refractivity (Wildman–Crippen MR) is 82.9 cm³/mol. The van der Waals surface area contributed by atoms with Gasteiger partial charge in [-0.1, -0.05) is 27.7 Å². The van der Waals surface area contributed by atoms with Crippen LogP contribution in [0.25, 0.3) is 0 Å². The second kappa shape index (κ2) is 5.24. The van der Waals surface area contributed by atoms with Crippen molar-refractivity contribution in [2.75, 3.05) is 19.8 Å². The lowest BCUT2D eigenvalue weighted by molar-refractivity contribution is -0.127. The number of likely N-dealkylation sites (N-methyl/N-ethyl adjacent to an activating group) is 1. The summed E-state index contributed by atoms with van der Waals surface area (Å²) in [5.41, 5.74) is 0.596. The Morgan fingerprint density at radius 3 is 2.62 bits per heavy atom. The molecule has 0 aromatic carbocycles. The maximum atomic E-state index is 12.7. The standard InChI is InChI=1S/C17H30N2O2/c1-5-18-13-10-21-9-12(13)15(20)19-14-8-11-6-7-17(14,4)16(11,2)3/h11-14,18H,5-10H2,1-4H3,(H,19,20). The van der Waals surface area contributed by atoms with Crippen molar-refractivity contribution in [3.63, 3.8) is 0 Å². The molecule has 1 aliphatic heterocycles. The summed E-state index contributed by atoms with van der Waals surface area (Å²) < 4.78 is 5.51. The van der Waals surface area contributed by atoms with Crippen molar-refractivity contribution >= 4 is 5.91 Å². The third kappa shape index (κ3) is 2.22. The van der Waals surface area contributed by atoms with Gasteiger partial charge in [0.05, 0.1) is 19.1 Å². The van der Waals surface area contributed by atoms with Gasteiger partial charge in [-0.2, -0.15) is 0 Å². The number of rotatable bonds is 4. The molecule has 120 valence electrons. The van der Waals surface area contributed by atoms with Gasteiger partial charge in [-0.3, -0.25) is 4.79 Å². The van der Waals surface area contributed by atoms with Crippen molar-refractivity contribution in [3.05, 3.63) is 0 Å². The molecule has 3 aliphatic rings. The van der Waals surface area contributed by atoms with Crippen LogP contribution in [0.4, 0.5) is 0 Å². The molecule has 4 nitrogen and oxygen atoms in total. The molecule has 4 heteroatoms. The minimum atomic E-state index is -0.0317. The van der Waals surface area contributed by atoms with E-state index in [9.17, 15) is 4.79 Å². The summed E-state index contributed by atoms with van der Waals surface area (Å²) in [6.45, 7) is 11.3. The molecule has 3 rings (SSSR count). The number of carbonyl (C=O) groups excluding carboxylic acids is 1. The summed E-state index contributed by atoms with van der Waals surface area (Å²) in [4.78, 5) is 12.7. The van der Waals surface area contributed by atoms with Gasteiger partial charge in [-0.15, -0.1) is 0 Å². The zero-order valence-electron chi connectivity index (χ0n) is 13.9. The van der Waals surface area contributed by atoms with Crippen LogP contribution in [0.15, 0.2) is 0 Å². The summed E-state index contributed by atoms with van der Waals surface area (Å²) in [5.74, 6) is 0.918. The van der Waals surface area contributed by atoms with E-state index in [2.05, 4.69) is 38.3 Å². The second-order valence-corrected chi connectivity index (χ2v) is 7.98. The summed E-state index contributed by atoms with van der Waals surface area (Å²) in [5, 5.41) is 6.75. The molecular formula is C17H30N2O2. The number of fused-ring (bicyclic) bond motifs is 2. The van der Waals surface area contributed by atoms with E-state index in [-0.39, 0.29) is 23.3 Å². The van der Waals surface area contributed by atoms with Crippen LogP contribution in [-0.4, -0.2) is 37.7 Å². The first-order chi connectivity index (χ1) is 9.90. The SMILES string of the molecule is CCNC1COCC1C(=O)NC1CC2CCC1(C)C2(C)C. The Kier molecular flexibility index (Phi) is 3.81. The fourth-order valence-electron chi connectivity index (χ4n) is 4.98. The molecule has 2 bridgehead atoms. The third-order valence-electron chi connectivity index (χ3n) is 6.99. The van der Waals surface area contributed by atoms with Crippen LogP contribution >= 0.6 is 0 Å². The van der Waals surface area contributed by atoms with Crippen LogP contribution in [0.5, 0.6) is 0 Å². The molecule has 0 aromatic rings. The maximum Gasteiger partial charge on any atom is 0.227 e. The first-order valence-electron chi connectivity index (χ1n) is 8.51. The average Bonchev–Trinajstić information content (AvgIpc) is 3.02. The zero-order chi connectivity index (χ0) is 15.3. The van der Waals surface area contributed by atoms with Crippen LogP contribution < -0.4 is 10.6 Å². The van der Waals surface area contributed by atoms with Gasteiger partial charge in [0, 0.05) is 12.1 Å². The molecule has 1 saturated heterocycles. The van der Waals surface area contributed by atoms with Crippen molar-refractivity contribution in [1.82, 2.24) is 10.6 Å². The van der Waals surface area contributed by atoms with E-state index < -0.39 is 0 Å². The topological polar surface area (TPSA) is 50.4 Å². The fraction of sp³-hybridized carbons (Fsp3) is 0.941. The van der Waals surface area contributed by atoms with Crippen molar-refractivity contribution in [3.8, 4) is 0 Å². The fourth-order valence-corrected chi connectivity index (χ4v) is 4.98. The minimum Gasteiger partial charge on any atom is -0.379 e. The van der Waals surface area contributed by atoms with Crippen molar-refractivity contribution in [1.29, 1.82) is 0 Å². The Balaban J connectivity index is 1.66. The number of hydrogen-bond donors (Lipinski definition) is 2. The van der Waals surface area contributed by atoms with Crippen molar-refractivity contribution in [2.45, 2.75) is 59.0 Å². The molecule has 2 saturated carbocycles. The Morgan fingerprint density at radius 2 is 2.05 bits per heavy atom. The summed E-state index contributed by atoms with van der Waals surface area (Å²) >= 11 is 0. The van der Waals surface area contributed by atoms with Crippen LogP contribution in [0.1, 0.15) is 47.0 Å². The summed E-state index contributed by atoms with van der Waals surface area (Å²) in [6, 6.07) is 0.510. The van der Waals surface area contributed by atoms with Gasteiger partial charge in [0.2, 0.25) is 5.91 Å². The smallest absolute Gasteiger partial charge is 0.227 e. The van der Waals surface area contributed by atoms with E-state index >= 15 is 0 Å². The Bertz CT molecular complexity index is 423. The molecule has 1 amide bonds. The normalized spacial score (nSPS) is 44.2. The molecule has 5 atom stereocenters. The van der Waals surface area contributed by atoms with Gasteiger partial charge < -0.3 is 15.4 Å². The predicted octanol–water partition coefficient (Wildman–Crippen LogP) is 1.94. The van der Waals surface area contributed by atoms with E-state index in [1.54, 1.807) is 0 Å². The zero-order valence-corrected chi connectivity index (χ0v) is 13.9. The highest BCUT2D eigenvalue weighted by atomic mass is 16.5. The minimum absolute atomic E-state index is 0.0317. The first-order valence-corrected chi connectivity index (χ1v) is 8.51.